The van der Waals surface area contributed by atoms with Crippen LogP contribution in [-0.2, 0) is 13.9 Å². The highest BCUT2D eigenvalue weighted by Gasteiger charge is 2.34. The number of ether oxygens (including phenoxy) is 2. The molecule has 0 amide bonds. The zero-order valence-corrected chi connectivity index (χ0v) is 20.9. The van der Waals surface area contributed by atoms with E-state index in [1.807, 2.05) is 6.92 Å². The minimum Gasteiger partial charge on any atom is -0.494 e. The van der Waals surface area contributed by atoms with Gasteiger partial charge >= 0.3 is 5.97 Å². The number of fused-ring (bicyclic) bond motifs is 1. The normalized spacial score (nSPS) is 14.9. The van der Waals surface area contributed by atoms with E-state index in [0.717, 1.165) is 5.56 Å². The Labute approximate surface area is 202 Å². The van der Waals surface area contributed by atoms with Gasteiger partial charge in [0.05, 0.1) is 13.7 Å². The predicted molar refractivity (Wildman–Crippen MR) is 131 cm³/mol. The van der Waals surface area contributed by atoms with E-state index in [0.29, 0.717) is 40.0 Å². The van der Waals surface area contributed by atoms with Crippen LogP contribution >= 0.6 is 7.37 Å². The first kappa shape index (κ1) is 24.6. The summed E-state index contributed by atoms with van der Waals surface area (Å²) in [4.78, 5) is 21.2. The molecule has 2 heterocycles. The van der Waals surface area contributed by atoms with Crippen molar-refractivity contribution in [2.24, 2.45) is 0 Å². The zero-order chi connectivity index (χ0) is 25.3. The van der Waals surface area contributed by atoms with Crippen LogP contribution in [0.25, 0.3) is 0 Å². The summed E-state index contributed by atoms with van der Waals surface area (Å²) in [5.74, 6) is -0.126. The van der Waals surface area contributed by atoms with Gasteiger partial charge in [0.25, 0.3) is 0 Å². The third-order valence-electron chi connectivity index (χ3n) is 5.36. The quantitative estimate of drug-likeness (QED) is 0.242. The van der Waals surface area contributed by atoms with Gasteiger partial charge in [-0.2, -0.15) is 4.98 Å². The first-order valence-corrected chi connectivity index (χ1v) is 13.3. The van der Waals surface area contributed by atoms with Gasteiger partial charge in [-0.3, -0.25) is 9.36 Å². The molecule has 2 aromatic carbocycles. The highest BCUT2D eigenvalue weighted by molar-refractivity contribution is 7.57. The van der Waals surface area contributed by atoms with Gasteiger partial charge in [0, 0.05) is 48.1 Å². The third kappa shape index (κ3) is 5.61. The molecule has 0 fully saturated rings. The number of esters is 1. The number of carbonyl (C=O) groups is 1. The van der Waals surface area contributed by atoms with Crippen LogP contribution in [0.1, 0.15) is 22.6 Å². The van der Waals surface area contributed by atoms with Crippen LogP contribution in [0.3, 0.4) is 0 Å². The van der Waals surface area contributed by atoms with Gasteiger partial charge in [-0.05, 0) is 43.7 Å². The van der Waals surface area contributed by atoms with E-state index < -0.39 is 25.1 Å². The van der Waals surface area contributed by atoms with E-state index in [1.165, 1.54) is 26.5 Å². The van der Waals surface area contributed by atoms with Crippen LogP contribution < -0.4 is 20.1 Å². The molecule has 9 nitrogen and oxygen atoms in total. The van der Waals surface area contributed by atoms with Crippen molar-refractivity contribution >= 4 is 36.5 Å². The second-order valence-corrected chi connectivity index (χ2v) is 11.3. The minimum atomic E-state index is -2.75. The number of anilines is 4. The number of benzene rings is 2. The van der Waals surface area contributed by atoms with Crippen LogP contribution in [0.4, 0.5) is 27.5 Å². The number of hydrogen-bond donors (Lipinski definition) is 2. The van der Waals surface area contributed by atoms with Crippen molar-refractivity contribution in [2.45, 2.75) is 19.8 Å². The van der Waals surface area contributed by atoms with Gasteiger partial charge in [0.1, 0.15) is 17.5 Å². The van der Waals surface area contributed by atoms with Crippen LogP contribution in [-0.4, -0.2) is 43.0 Å². The standard InChI is InChI=1S/C24H26FN4O5P/c1-13-8-16(10-20(32-3)21(13)25)28-24-26-11-14(2)22(29-24)27-15-6-7-19-17(9-15)18(23(30)34-19)12-33-35(4,5)31/h6-11,18H,12H2,1-5H3,(H2,26,27,28,29). The molecule has 3 aromatic rings. The number of halogens is 1. The lowest BCUT2D eigenvalue weighted by Crippen LogP contribution is -2.15. The van der Waals surface area contributed by atoms with E-state index >= 15 is 0 Å². The summed E-state index contributed by atoms with van der Waals surface area (Å²) in [5, 5.41) is 6.31. The lowest BCUT2D eigenvalue weighted by Gasteiger charge is -2.14. The van der Waals surface area contributed by atoms with Crippen molar-refractivity contribution in [2.75, 3.05) is 37.7 Å². The molecule has 0 aliphatic carbocycles. The minimum absolute atomic E-state index is 0.0271. The Hall–Kier alpha value is -3.49. The van der Waals surface area contributed by atoms with Gasteiger partial charge in [-0.15, -0.1) is 0 Å². The van der Waals surface area contributed by atoms with Crippen molar-refractivity contribution in [3.63, 3.8) is 0 Å². The summed E-state index contributed by atoms with van der Waals surface area (Å²) >= 11 is 0. The molecule has 0 radical (unpaired) electrons. The number of carbonyl (C=O) groups excluding carboxylic acids is 1. The van der Waals surface area contributed by atoms with Gasteiger partial charge < -0.3 is 24.6 Å². The van der Waals surface area contributed by atoms with Gasteiger partial charge in [-0.25, -0.2) is 9.37 Å². The molecule has 2 N–H and O–H groups in total. The van der Waals surface area contributed by atoms with Crippen LogP contribution in [0.15, 0.2) is 36.5 Å². The average Bonchev–Trinajstić information content (AvgIpc) is 3.10. The fourth-order valence-electron chi connectivity index (χ4n) is 3.56. The third-order valence-corrected chi connectivity index (χ3v) is 6.13. The number of nitrogens with zero attached hydrogens (tertiary/aromatic N) is 2. The van der Waals surface area contributed by atoms with E-state index in [4.69, 9.17) is 14.0 Å². The highest BCUT2D eigenvalue weighted by atomic mass is 31.2. The van der Waals surface area contributed by atoms with Crippen molar-refractivity contribution in [3.05, 3.63) is 59.0 Å². The average molecular weight is 500 g/mol. The van der Waals surface area contributed by atoms with Gasteiger partial charge in [0.15, 0.2) is 18.9 Å². The Balaban J connectivity index is 1.56. The Morgan fingerprint density at radius 1 is 1.11 bits per heavy atom. The fourth-order valence-corrected chi connectivity index (χ4v) is 4.07. The van der Waals surface area contributed by atoms with E-state index in [2.05, 4.69) is 20.6 Å². The van der Waals surface area contributed by atoms with Crippen LogP contribution in [0.5, 0.6) is 11.5 Å². The van der Waals surface area contributed by atoms with Gasteiger partial charge in [0.2, 0.25) is 5.95 Å². The molecule has 4 rings (SSSR count). The lowest BCUT2D eigenvalue weighted by atomic mass is 10.0. The summed E-state index contributed by atoms with van der Waals surface area (Å²) in [5.41, 5.74) is 3.11. The number of rotatable bonds is 8. The van der Waals surface area contributed by atoms with E-state index in [9.17, 15) is 13.8 Å². The second kappa shape index (κ2) is 9.64. The van der Waals surface area contributed by atoms with Crippen molar-refractivity contribution in [1.29, 1.82) is 0 Å². The first-order valence-electron chi connectivity index (χ1n) is 10.8. The fraction of sp³-hybridized carbons (Fsp3) is 0.292. The monoisotopic (exact) mass is 500 g/mol. The maximum absolute atomic E-state index is 14.1. The molecule has 0 spiro atoms. The Morgan fingerprint density at radius 3 is 2.60 bits per heavy atom. The highest BCUT2D eigenvalue weighted by Crippen LogP contribution is 2.43. The summed E-state index contributed by atoms with van der Waals surface area (Å²) in [6.07, 6.45) is 1.65. The zero-order valence-electron chi connectivity index (χ0n) is 20.0. The molecule has 0 saturated carbocycles. The molecule has 1 unspecified atom stereocenters. The second-order valence-electron chi connectivity index (χ2n) is 8.56. The summed E-state index contributed by atoms with van der Waals surface area (Å²) < 4.78 is 41.8. The van der Waals surface area contributed by atoms with Crippen molar-refractivity contribution in [1.82, 2.24) is 9.97 Å². The Bertz CT molecular complexity index is 1340. The molecule has 0 bridgehead atoms. The van der Waals surface area contributed by atoms with Crippen molar-refractivity contribution < 1.29 is 27.7 Å². The molecule has 11 heteroatoms. The summed E-state index contributed by atoms with van der Waals surface area (Å²) in [6.45, 7) is 6.47. The van der Waals surface area contributed by atoms with E-state index in [-0.39, 0.29) is 12.4 Å². The lowest BCUT2D eigenvalue weighted by molar-refractivity contribution is -0.134. The molecule has 1 aliphatic rings. The first-order chi connectivity index (χ1) is 16.5. The predicted octanol–water partition coefficient (Wildman–Crippen LogP) is 5.29. The smallest absolute Gasteiger partial charge is 0.321 e. The molecular formula is C24H26FN4O5P. The molecular weight excluding hydrogens is 474 g/mol. The Kier molecular flexibility index (Phi) is 6.78. The number of aryl methyl sites for hydroxylation is 2. The molecule has 35 heavy (non-hydrogen) atoms. The molecule has 1 aromatic heterocycles. The number of methoxy groups -OCH3 is 1. The number of nitrogens with one attached hydrogen (secondary N) is 2. The SMILES string of the molecule is COc1cc(Nc2ncc(C)c(Nc3ccc4c(c3)C(COP(C)(C)=O)C(=O)O4)n2)cc(C)c1F. The van der Waals surface area contributed by atoms with Crippen LogP contribution in [0.2, 0.25) is 0 Å². The summed E-state index contributed by atoms with van der Waals surface area (Å²) in [7, 11) is -1.35. The number of aromatic nitrogens is 2. The molecule has 184 valence electrons. The maximum atomic E-state index is 14.1. The Morgan fingerprint density at radius 2 is 1.89 bits per heavy atom. The largest absolute Gasteiger partial charge is 0.494 e. The van der Waals surface area contributed by atoms with Crippen LogP contribution in [0, 0.1) is 19.7 Å². The molecule has 0 saturated heterocycles. The molecule has 1 aliphatic heterocycles. The van der Waals surface area contributed by atoms with Crippen molar-refractivity contribution in [3.8, 4) is 11.5 Å². The topological polar surface area (TPSA) is 112 Å². The summed E-state index contributed by atoms with van der Waals surface area (Å²) in [6, 6.07) is 8.41. The maximum Gasteiger partial charge on any atom is 0.321 e. The number of hydrogen-bond acceptors (Lipinski definition) is 9. The molecule has 1 atom stereocenters. The van der Waals surface area contributed by atoms with Gasteiger partial charge in [-0.1, -0.05) is 0 Å². The van der Waals surface area contributed by atoms with E-state index in [1.54, 1.807) is 37.4 Å².